The van der Waals surface area contributed by atoms with E-state index in [4.69, 9.17) is 0 Å². The molecule has 1 amide bonds. The van der Waals surface area contributed by atoms with Gasteiger partial charge in [0.1, 0.15) is 0 Å². The first-order valence-electron chi connectivity index (χ1n) is 11.3. The minimum Gasteiger partial charge on any atom is -0.345 e. The molecule has 2 atom stereocenters. The van der Waals surface area contributed by atoms with Crippen molar-refractivity contribution in [3.8, 4) is 0 Å². The van der Waals surface area contributed by atoms with Gasteiger partial charge in [-0.3, -0.25) is 4.79 Å². The highest BCUT2D eigenvalue weighted by atomic mass is 32.2. The summed E-state index contributed by atoms with van der Waals surface area (Å²) in [5, 5.41) is 3.21. The zero-order valence-electron chi connectivity index (χ0n) is 19.1. The highest BCUT2D eigenvalue weighted by Crippen LogP contribution is 2.27. The van der Waals surface area contributed by atoms with E-state index in [1.165, 1.54) is 4.31 Å². The fourth-order valence-electron chi connectivity index (χ4n) is 4.35. The van der Waals surface area contributed by atoms with Crippen LogP contribution in [0.15, 0.2) is 83.8 Å². The summed E-state index contributed by atoms with van der Waals surface area (Å²) in [5.41, 5.74) is 4.13. The number of hydrogen-bond acceptors (Lipinski definition) is 3. The maximum atomic E-state index is 13.4. The van der Waals surface area contributed by atoms with Crippen molar-refractivity contribution in [3.63, 3.8) is 0 Å². The molecule has 1 aliphatic rings. The summed E-state index contributed by atoms with van der Waals surface area (Å²) in [5.74, 6) is -0.510. The molecular weight excluding hydrogens is 432 g/mol. The van der Waals surface area contributed by atoms with Crippen molar-refractivity contribution in [2.45, 2.75) is 37.6 Å². The lowest BCUT2D eigenvalue weighted by Gasteiger charge is -2.32. The number of benzene rings is 3. The number of hydrogen-bond donors (Lipinski definition) is 1. The molecule has 3 aromatic carbocycles. The van der Waals surface area contributed by atoms with Crippen molar-refractivity contribution in [2.75, 3.05) is 13.1 Å². The van der Waals surface area contributed by atoms with Crippen LogP contribution in [0.1, 0.15) is 41.1 Å². The Labute approximate surface area is 196 Å². The number of amides is 1. The number of sulfonamides is 1. The second-order valence-corrected chi connectivity index (χ2v) is 10.7. The summed E-state index contributed by atoms with van der Waals surface area (Å²) in [6.07, 6.45) is 1.32. The van der Waals surface area contributed by atoms with E-state index >= 15 is 0 Å². The normalized spacial score (nSPS) is 17.9. The Morgan fingerprint density at radius 1 is 0.909 bits per heavy atom. The van der Waals surface area contributed by atoms with Crippen molar-refractivity contribution in [1.82, 2.24) is 9.62 Å². The van der Waals surface area contributed by atoms with Gasteiger partial charge in [0.15, 0.2) is 0 Å². The van der Waals surface area contributed by atoms with E-state index in [9.17, 15) is 13.2 Å². The van der Waals surface area contributed by atoms with Gasteiger partial charge < -0.3 is 5.32 Å². The van der Waals surface area contributed by atoms with E-state index in [1.807, 2.05) is 62.4 Å². The van der Waals surface area contributed by atoms with E-state index in [-0.39, 0.29) is 23.4 Å². The fraction of sp³-hybridized carbons (Fsp3) is 0.296. The minimum absolute atomic E-state index is 0.117. The first kappa shape index (κ1) is 23.2. The Kier molecular flexibility index (Phi) is 6.96. The van der Waals surface area contributed by atoms with Crippen LogP contribution in [0.25, 0.3) is 0 Å². The lowest BCUT2D eigenvalue weighted by molar-refractivity contribution is -0.126. The molecule has 0 radical (unpaired) electrons. The van der Waals surface area contributed by atoms with Crippen LogP contribution in [0.2, 0.25) is 0 Å². The van der Waals surface area contributed by atoms with Crippen LogP contribution >= 0.6 is 0 Å². The molecule has 33 heavy (non-hydrogen) atoms. The molecule has 0 spiro atoms. The van der Waals surface area contributed by atoms with Crippen LogP contribution in [0.4, 0.5) is 0 Å². The molecule has 6 heteroatoms. The quantitative estimate of drug-likeness (QED) is 0.582. The standard InChI is InChI=1S/C27H30N2O3S/c1-20-13-15-25(16-14-20)33(31,32)29-17-7-12-24(19-29)27(30)28-26(22-9-4-3-5-10-22)23-11-6-8-21(2)18-23/h3-6,8-11,13-16,18,24,26H,7,12,17,19H2,1-2H3,(H,28,30)/t24-,26+/m1/s1. The molecule has 1 heterocycles. The van der Waals surface area contributed by atoms with Crippen molar-refractivity contribution < 1.29 is 13.2 Å². The third-order valence-electron chi connectivity index (χ3n) is 6.21. The molecule has 172 valence electrons. The van der Waals surface area contributed by atoms with Crippen molar-refractivity contribution >= 4 is 15.9 Å². The predicted molar refractivity (Wildman–Crippen MR) is 130 cm³/mol. The molecular formula is C27H30N2O3S. The first-order valence-corrected chi connectivity index (χ1v) is 12.8. The van der Waals surface area contributed by atoms with Gasteiger partial charge in [-0.15, -0.1) is 0 Å². The molecule has 0 bridgehead atoms. The Morgan fingerprint density at radius 3 is 2.30 bits per heavy atom. The zero-order valence-corrected chi connectivity index (χ0v) is 19.9. The van der Waals surface area contributed by atoms with Crippen LogP contribution in [0, 0.1) is 19.8 Å². The highest BCUT2D eigenvalue weighted by Gasteiger charge is 2.34. The second kappa shape index (κ2) is 9.89. The summed E-state index contributed by atoms with van der Waals surface area (Å²) in [7, 11) is -3.63. The van der Waals surface area contributed by atoms with E-state index in [0.29, 0.717) is 19.4 Å². The Balaban J connectivity index is 1.54. The SMILES string of the molecule is Cc1ccc(S(=O)(=O)N2CCC[C@@H](C(=O)N[C@@H](c3ccccc3)c3cccc(C)c3)C2)cc1. The molecule has 4 rings (SSSR count). The average Bonchev–Trinajstić information content (AvgIpc) is 2.83. The van der Waals surface area contributed by atoms with Gasteiger partial charge in [0.05, 0.1) is 16.9 Å². The van der Waals surface area contributed by atoms with E-state index in [0.717, 1.165) is 22.3 Å². The maximum Gasteiger partial charge on any atom is 0.243 e. The number of carbonyl (C=O) groups excluding carboxylic acids is 1. The van der Waals surface area contributed by atoms with Gasteiger partial charge in [-0.2, -0.15) is 4.31 Å². The number of aryl methyl sites for hydroxylation is 2. The van der Waals surface area contributed by atoms with Gasteiger partial charge in [0.2, 0.25) is 15.9 Å². The number of nitrogens with one attached hydrogen (secondary N) is 1. The average molecular weight is 463 g/mol. The molecule has 5 nitrogen and oxygen atoms in total. The monoisotopic (exact) mass is 462 g/mol. The molecule has 1 saturated heterocycles. The van der Waals surface area contributed by atoms with Gasteiger partial charge in [0, 0.05) is 13.1 Å². The van der Waals surface area contributed by atoms with Crippen LogP contribution in [0.5, 0.6) is 0 Å². The molecule has 0 aromatic heterocycles. The third kappa shape index (κ3) is 5.34. The third-order valence-corrected chi connectivity index (χ3v) is 8.09. The summed E-state index contributed by atoms with van der Waals surface area (Å²) >= 11 is 0. The summed E-state index contributed by atoms with van der Waals surface area (Å²) in [6.45, 7) is 4.58. The molecule has 0 saturated carbocycles. The lowest BCUT2D eigenvalue weighted by Crippen LogP contribution is -2.46. The van der Waals surface area contributed by atoms with Gasteiger partial charge in [-0.05, 0) is 49.9 Å². The van der Waals surface area contributed by atoms with Crippen LogP contribution in [0.3, 0.4) is 0 Å². The van der Waals surface area contributed by atoms with E-state index in [2.05, 4.69) is 11.4 Å². The lowest BCUT2D eigenvalue weighted by atomic mass is 9.94. The van der Waals surface area contributed by atoms with Gasteiger partial charge in [0.25, 0.3) is 0 Å². The molecule has 0 aliphatic carbocycles. The van der Waals surface area contributed by atoms with Crippen LogP contribution in [-0.4, -0.2) is 31.7 Å². The topological polar surface area (TPSA) is 66.5 Å². The smallest absolute Gasteiger partial charge is 0.243 e. The number of nitrogens with zero attached hydrogens (tertiary/aromatic N) is 1. The number of carbonyl (C=O) groups is 1. The van der Waals surface area contributed by atoms with E-state index < -0.39 is 15.9 Å². The van der Waals surface area contributed by atoms with Gasteiger partial charge in [-0.25, -0.2) is 8.42 Å². The first-order chi connectivity index (χ1) is 15.8. The van der Waals surface area contributed by atoms with Gasteiger partial charge in [-0.1, -0.05) is 77.9 Å². The molecule has 3 aromatic rings. The van der Waals surface area contributed by atoms with Crippen molar-refractivity contribution in [1.29, 1.82) is 0 Å². The molecule has 1 aliphatic heterocycles. The van der Waals surface area contributed by atoms with Gasteiger partial charge >= 0.3 is 0 Å². The highest BCUT2D eigenvalue weighted by molar-refractivity contribution is 7.89. The largest absolute Gasteiger partial charge is 0.345 e. The van der Waals surface area contributed by atoms with Crippen LogP contribution in [-0.2, 0) is 14.8 Å². The zero-order chi connectivity index (χ0) is 23.4. The van der Waals surface area contributed by atoms with Crippen LogP contribution < -0.4 is 5.32 Å². The summed E-state index contributed by atoms with van der Waals surface area (Å²) < 4.78 is 27.8. The number of piperidine rings is 1. The Morgan fingerprint density at radius 2 is 1.61 bits per heavy atom. The Hall–Kier alpha value is -2.96. The maximum absolute atomic E-state index is 13.4. The van der Waals surface area contributed by atoms with Crippen molar-refractivity contribution in [3.05, 3.63) is 101 Å². The summed E-state index contributed by atoms with van der Waals surface area (Å²) in [6, 6.07) is 24.6. The second-order valence-electron chi connectivity index (χ2n) is 8.78. The minimum atomic E-state index is -3.63. The number of rotatable bonds is 6. The predicted octanol–water partition coefficient (Wildman–Crippen LogP) is 4.61. The molecule has 0 unspecified atom stereocenters. The summed E-state index contributed by atoms with van der Waals surface area (Å²) in [4.78, 5) is 13.6. The van der Waals surface area contributed by atoms with E-state index in [1.54, 1.807) is 24.3 Å². The Bertz CT molecular complexity index is 1210. The fourth-order valence-corrected chi connectivity index (χ4v) is 5.87. The molecule has 1 fully saturated rings. The van der Waals surface area contributed by atoms with Crippen molar-refractivity contribution in [2.24, 2.45) is 5.92 Å². The molecule has 1 N–H and O–H groups in total.